The Kier molecular flexibility index (Phi) is 3.73. The summed E-state index contributed by atoms with van der Waals surface area (Å²) in [6.45, 7) is 6.26. The Morgan fingerprint density at radius 1 is 1.60 bits per heavy atom. The minimum Gasteiger partial charge on any atom is -0.480 e. The Balaban J connectivity index is 2.58. The van der Waals surface area contributed by atoms with Crippen LogP contribution in [0.15, 0.2) is 0 Å². The maximum Gasteiger partial charge on any atom is 0.324 e. The number of rotatable bonds is 6. The molecule has 88 valence electrons. The van der Waals surface area contributed by atoms with E-state index >= 15 is 0 Å². The fraction of sp³-hybridized carbons (Fsp3) is 0.909. The van der Waals surface area contributed by atoms with Crippen LogP contribution in [-0.2, 0) is 4.79 Å². The van der Waals surface area contributed by atoms with Crippen molar-refractivity contribution in [1.82, 2.24) is 10.2 Å². The summed E-state index contributed by atoms with van der Waals surface area (Å²) in [5, 5.41) is 12.4. The van der Waals surface area contributed by atoms with Gasteiger partial charge in [-0.05, 0) is 40.7 Å². The Hall–Kier alpha value is -0.610. The van der Waals surface area contributed by atoms with Gasteiger partial charge in [0.05, 0.1) is 0 Å². The van der Waals surface area contributed by atoms with E-state index in [9.17, 15) is 9.90 Å². The number of carboxylic acid groups (broad SMARTS) is 1. The number of nitrogens with one attached hydrogen (secondary N) is 1. The van der Waals surface area contributed by atoms with Crippen molar-refractivity contribution in [2.75, 3.05) is 13.6 Å². The molecule has 1 aliphatic carbocycles. The van der Waals surface area contributed by atoms with Crippen molar-refractivity contribution >= 4 is 5.97 Å². The van der Waals surface area contributed by atoms with Crippen LogP contribution in [-0.4, -0.2) is 47.2 Å². The molecule has 2 N–H and O–H groups in total. The summed E-state index contributed by atoms with van der Waals surface area (Å²) in [6, 6.07) is 0.774. The summed E-state index contributed by atoms with van der Waals surface area (Å²) in [6.07, 6.45) is 2.40. The first-order valence-electron chi connectivity index (χ1n) is 5.56. The van der Waals surface area contributed by atoms with Gasteiger partial charge in [0.1, 0.15) is 5.54 Å². The molecule has 0 aromatic carbocycles. The van der Waals surface area contributed by atoms with Crippen molar-refractivity contribution in [2.45, 2.75) is 51.2 Å². The monoisotopic (exact) mass is 214 g/mol. The van der Waals surface area contributed by atoms with E-state index in [1.807, 2.05) is 20.9 Å². The number of carbonyl (C=O) groups is 1. The molecule has 0 bridgehead atoms. The zero-order valence-corrected chi connectivity index (χ0v) is 10.1. The zero-order valence-electron chi connectivity index (χ0n) is 10.1. The number of nitrogens with zero attached hydrogens (tertiary/aromatic N) is 1. The van der Waals surface area contributed by atoms with E-state index in [0.717, 1.165) is 0 Å². The van der Waals surface area contributed by atoms with E-state index < -0.39 is 11.5 Å². The third-order valence-electron chi connectivity index (χ3n) is 2.82. The molecule has 0 heterocycles. The molecule has 1 rings (SSSR count). The molecular formula is C11H22N2O2. The highest BCUT2D eigenvalue weighted by Gasteiger charge is 2.38. The number of likely N-dealkylation sites (N-methyl/N-ethyl adjacent to an activating group) is 1. The molecule has 1 saturated carbocycles. The van der Waals surface area contributed by atoms with Crippen LogP contribution in [0, 0.1) is 0 Å². The van der Waals surface area contributed by atoms with E-state index in [2.05, 4.69) is 10.2 Å². The lowest BCUT2D eigenvalue weighted by Crippen LogP contribution is -2.58. The standard InChI is InChI=1S/C11H22N2O2/c1-8(2)12-11(3,10(14)15)7-13(4)9-5-6-9/h8-9,12H,5-7H2,1-4H3,(H,14,15). The predicted octanol–water partition coefficient (Wildman–Crippen LogP) is 0.922. The number of hydrogen-bond acceptors (Lipinski definition) is 3. The van der Waals surface area contributed by atoms with E-state index in [1.165, 1.54) is 12.8 Å². The van der Waals surface area contributed by atoms with Gasteiger partial charge >= 0.3 is 5.97 Å². The topological polar surface area (TPSA) is 52.6 Å². The number of carboxylic acids is 1. The largest absolute Gasteiger partial charge is 0.480 e. The zero-order chi connectivity index (χ0) is 11.6. The minimum atomic E-state index is -0.842. The van der Waals surface area contributed by atoms with Crippen LogP contribution in [0.4, 0.5) is 0 Å². The second kappa shape index (κ2) is 4.49. The smallest absolute Gasteiger partial charge is 0.324 e. The van der Waals surface area contributed by atoms with E-state index in [4.69, 9.17) is 0 Å². The maximum atomic E-state index is 11.2. The molecule has 1 atom stereocenters. The molecule has 1 fully saturated rings. The van der Waals surface area contributed by atoms with Crippen LogP contribution in [0.3, 0.4) is 0 Å². The van der Waals surface area contributed by atoms with Crippen molar-refractivity contribution < 1.29 is 9.90 Å². The molecule has 0 saturated heterocycles. The molecule has 4 nitrogen and oxygen atoms in total. The van der Waals surface area contributed by atoms with E-state index in [-0.39, 0.29) is 6.04 Å². The van der Waals surface area contributed by atoms with Crippen LogP contribution in [0.25, 0.3) is 0 Å². The van der Waals surface area contributed by atoms with Crippen molar-refractivity contribution in [2.24, 2.45) is 0 Å². The lowest BCUT2D eigenvalue weighted by Gasteiger charge is -2.32. The molecule has 1 unspecified atom stereocenters. The number of aliphatic carboxylic acids is 1. The lowest BCUT2D eigenvalue weighted by atomic mass is 10.0. The van der Waals surface area contributed by atoms with Crippen molar-refractivity contribution in [3.63, 3.8) is 0 Å². The lowest BCUT2D eigenvalue weighted by molar-refractivity contribution is -0.145. The quantitative estimate of drug-likeness (QED) is 0.690. The third-order valence-corrected chi connectivity index (χ3v) is 2.82. The van der Waals surface area contributed by atoms with Crippen molar-refractivity contribution in [1.29, 1.82) is 0 Å². The third kappa shape index (κ3) is 3.47. The van der Waals surface area contributed by atoms with Crippen molar-refractivity contribution in [3.05, 3.63) is 0 Å². The summed E-state index contributed by atoms with van der Waals surface area (Å²) < 4.78 is 0. The molecule has 15 heavy (non-hydrogen) atoms. The van der Waals surface area contributed by atoms with Gasteiger partial charge in [0.25, 0.3) is 0 Å². The van der Waals surface area contributed by atoms with E-state index in [0.29, 0.717) is 12.6 Å². The molecule has 0 aromatic heterocycles. The molecule has 0 spiro atoms. The SMILES string of the molecule is CC(C)NC(C)(CN(C)C1CC1)C(=O)O. The number of hydrogen-bond donors (Lipinski definition) is 2. The van der Waals surface area contributed by atoms with Crippen LogP contribution in [0.1, 0.15) is 33.6 Å². The van der Waals surface area contributed by atoms with Crippen LogP contribution in [0.2, 0.25) is 0 Å². The molecule has 4 heteroatoms. The minimum absolute atomic E-state index is 0.179. The maximum absolute atomic E-state index is 11.2. The molecule has 0 amide bonds. The summed E-state index contributed by atoms with van der Waals surface area (Å²) in [7, 11) is 2.00. The van der Waals surface area contributed by atoms with Gasteiger partial charge < -0.3 is 10.0 Å². The molecule has 1 aliphatic rings. The Morgan fingerprint density at radius 3 is 2.47 bits per heavy atom. The summed E-state index contributed by atoms with van der Waals surface area (Å²) >= 11 is 0. The van der Waals surface area contributed by atoms with Gasteiger partial charge in [-0.3, -0.25) is 10.1 Å². The second-order valence-electron chi connectivity index (χ2n) is 5.08. The first-order chi connectivity index (χ1) is 6.85. The highest BCUT2D eigenvalue weighted by molar-refractivity contribution is 5.78. The molecule has 0 aromatic rings. The first-order valence-corrected chi connectivity index (χ1v) is 5.56. The first kappa shape index (κ1) is 12.5. The molecular weight excluding hydrogens is 192 g/mol. The Bertz CT molecular complexity index is 239. The average molecular weight is 214 g/mol. The van der Waals surface area contributed by atoms with Gasteiger partial charge in [-0.1, -0.05) is 0 Å². The summed E-state index contributed by atoms with van der Waals surface area (Å²) in [5.41, 5.74) is -0.842. The van der Waals surface area contributed by atoms with Gasteiger partial charge in [-0.25, -0.2) is 0 Å². The van der Waals surface area contributed by atoms with Gasteiger partial charge in [0, 0.05) is 18.6 Å². The van der Waals surface area contributed by atoms with Gasteiger partial charge in [0.2, 0.25) is 0 Å². The van der Waals surface area contributed by atoms with Gasteiger partial charge in [-0.2, -0.15) is 0 Å². The average Bonchev–Trinajstić information content (AvgIpc) is 2.83. The fourth-order valence-corrected chi connectivity index (χ4v) is 1.96. The van der Waals surface area contributed by atoms with Crippen LogP contribution < -0.4 is 5.32 Å². The highest BCUT2D eigenvalue weighted by Crippen LogP contribution is 2.26. The van der Waals surface area contributed by atoms with Crippen LogP contribution >= 0.6 is 0 Å². The van der Waals surface area contributed by atoms with Gasteiger partial charge in [-0.15, -0.1) is 0 Å². The van der Waals surface area contributed by atoms with Crippen molar-refractivity contribution in [3.8, 4) is 0 Å². The summed E-state index contributed by atoms with van der Waals surface area (Å²) in [4.78, 5) is 13.4. The Labute approximate surface area is 91.6 Å². The predicted molar refractivity (Wildman–Crippen MR) is 60.0 cm³/mol. The van der Waals surface area contributed by atoms with E-state index in [1.54, 1.807) is 6.92 Å². The van der Waals surface area contributed by atoms with Gasteiger partial charge in [0.15, 0.2) is 0 Å². The fourth-order valence-electron chi connectivity index (χ4n) is 1.96. The highest BCUT2D eigenvalue weighted by atomic mass is 16.4. The molecule has 0 aliphatic heterocycles. The second-order valence-corrected chi connectivity index (χ2v) is 5.08. The van der Waals surface area contributed by atoms with Crippen LogP contribution in [0.5, 0.6) is 0 Å². The normalized spacial score (nSPS) is 20.7. The molecule has 0 radical (unpaired) electrons. The summed E-state index contributed by atoms with van der Waals surface area (Å²) in [5.74, 6) is -0.774. The Morgan fingerprint density at radius 2 is 2.13 bits per heavy atom.